The average Bonchev–Trinajstić information content (AvgIpc) is 2.38. The number of aromatic carboxylic acids is 1. The molecule has 0 saturated heterocycles. The molecule has 0 atom stereocenters. The number of hydrogen-bond donors (Lipinski definition) is 3. The van der Waals surface area contributed by atoms with Gasteiger partial charge in [-0.3, -0.25) is 0 Å². The molecule has 0 aliphatic carbocycles. The van der Waals surface area contributed by atoms with Gasteiger partial charge in [0.2, 0.25) is 0 Å². The number of carboxylic acids is 1. The van der Waals surface area contributed by atoms with Gasteiger partial charge in [-0.2, -0.15) is 11.8 Å². The second-order valence-electron chi connectivity index (χ2n) is 5.07. The zero-order chi connectivity index (χ0) is 15.3. The maximum atomic E-state index is 11.9. The number of benzene rings is 1. The summed E-state index contributed by atoms with van der Waals surface area (Å²) in [7, 11) is 0. The van der Waals surface area contributed by atoms with Crippen LogP contribution in [0.15, 0.2) is 18.2 Å². The number of carbonyl (C=O) groups is 2. The van der Waals surface area contributed by atoms with Crippen LogP contribution in [0.3, 0.4) is 0 Å². The van der Waals surface area contributed by atoms with E-state index in [-0.39, 0.29) is 10.3 Å². The van der Waals surface area contributed by atoms with E-state index in [1.165, 1.54) is 6.07 Å². The van der Waals surface area contributed by atoms with Crippen molar-refractivity contribution in [3.8, 4) is 0 Å². The van der Waals surface area contributed by atoms with Crippen molar-refractivity contribution in [1.29, 1.82) is 0 Å². The van der Waals surface area contributed by atoms with Gasteiger partial charge in [0.25, 0.3) is 0 Å². The first-order chi connectivity index (χ1) is 9.26. The number of amides is 2. The highest BCUT2D eigenvalue weighted by atomic mass is 32.2. The SMILES string of the molecule is CSC(C)(C)CNC(=O)Nc1c(C)cccc1C(=O)O. The lowest BCUT2D eigenvalue weighted by Crippen LogP contribution is -2.38. The molecule has 0 fully saturated rings. The first-order valence-corrected chi connectivity index (χ1v) is 7.42. The van der Waals surface area contributed by atoms with E-state index >= 15 is 0 Å². The summed E-state index contributed by atoms with van der Waals surface area (Å²) in [6, 6.07) is 4.48. The minimum atomic E-state index is -1.06. The third kappa shape index (κ3) is 4.45. The number of urea groups is 1. The van der Waals surface area contributed by atoms with Crippen molar-refractivity contribution in [2.45, 2.75) is 25.5 Å². The second kappa shape index (κ2) is 6.65. The molecule has 2 amide bonds. The van der Waals surface area contributed by atoms with Crippen LogP contribution in [0, 0.1) is 6.92 Å². The standard InChI is InChI=1S/C14H20N2O3S/c1-9-6-5-7-10(12(17)18)11(9)16-13(19)15-8-14(2,3)20-4/h5-7H,8H2,1-4H3,(H,17,18)(H2,15,16,19). The molecule has 1 aromatic rings. The molecule has 20 heavy (non-hydrogen) atoms. The summed E-state index contributed by atoms with van der Waals surface area (Å²) in [6.45, 7) is 6.30. The third-order valence-electron chi connectivity index (χ3n) is 2.97. The molecule has 5 nitrogen and oxygen atoms in total. The van der Waals surface area contributed by atoms with Crippen molar-refractivity contribution < 1.29 is 14.7 Å². The molecule has 1 aromatic carbocycles. The molecule has 0 heterocycles. The van der Waals surface area contributed by atoms with Crippen LogP contribution >= 0.6 is 11.8 Å². The molecule has 0 spiro atoms. The predicted molar refractivity (Wildman–Crippen MR) is 82.8 cm³/mol. The van der Waals surface area contributed by atoms with Gasteiger partial charge in [0.05, 0.1) is 11.3 Å². The lowest BCUT2D eigenvalue weighted by molar-refractivity contribution is 0.0698. The smallest absolute Gasteiger partial charge is 0.337 e. The Labute approximate surface area is 123 Å². The Morgan fingerprint density at radius 2 is 2.00 bits per heavy atom. The molecule has 0 aliphatic rings. The zero-order valence-corrected chi connectivity index (χ0v) is 12.9. The summed E-state index contributed by atoms with van der Waals surface area (Å²) in [5, 5.41) is 14.5. The van der Waals surface area contributed by atoms with Gasteiger partial charge in [-0.05, 0) is 38.7 Å². The topological polar surface area (TPSA) is 78.4 Å². The Hall–Kier alpha value is -1.69. The fourth-order valence-electron chi connectivity index (χ4n) is 1.53. The second-order valence-corrected chi connectivity index (χ2v) is 6.59. The Balaban J connectivity index is 2.79. The molecule has 0 bridgehead atoms. The molecule has 0 aromatic heterocycles. The van der Waals surface area contributed by atoms with E-state index in [1.54, 1.807) is 30.8 Å². The monoisotopic (exact) mass is 296 g/mol. The first-order valence-electron chi connectivity index (χ1n) is 6.20. The Kier molecular flexibility index (Phi) is 5.44. The molecule has 3 N–H and O–H groups in total. The van der Waals surface area contributed by atoms with Crippen LogP contribution in [-0.4, -0.2) is 34.7 Å². The lowest BCUT2D eigenvalue weighted by Gasteiger charge is -2.22. The number of hydrogen-bond acceptors (Lipinski definition) is 3. The largest absolute Gasteiger partial charge is 0.478 e. The van der Waals surface area contributed by atoms with Crippen LogP contribution in [0.2, 0.25) is 0 Å². The van der Waals surface area contributed by atoms with E-state index < -0.39 is 12.0 Å². The van der Waals surface area contributed by atoms with Gasteiger partial charge in [-0.15, -0.1) is 0 Å². The normalized spacial score (nSPS) is 11.0. The number of carboxylic acid groups (broad SMARTS) is 1. The van der Waals surface area contributed by atoms with E-state index in [9.17, 15) is 9.59 Å². The minimum Gasteiger partial charge on any atom is -0.478 e. The number of nitrogens with one attached hydrogen (secondary N) is 2. The highest BCUT2D eigenvalue weighted by Crippen LogP contribution is 2.21. The zero-order valence-electron chi connectivity index (χ0n) is 12.1. The Morgan fingerprint density at radius 3 is 2.55 bits per heavy atom. The van der Waals surface area contributed by atoms with Crippen LogP contribution in [0.1, 0.15) is 29.8 Å². The highest BCUT2D eigenvalue weighted by molar-refractivity contribution is 7.99. The number of carbonyl (C=O) groups excluding carboxylic acids is 1. The van der Waals surface area contributed by atoms with Crippen molar-refractivity contribution in [3.63, 3.8) is 0 Å². The molecule has 1 rings (SSSR count). The van der Waals surface area contributed by atoms with Gasteiger partial charge in [-0.25, -0.2) is 9.59 Å². The van der Waals surface area contributed by atoms with Crippen LogP contribution < -0.4 is 10.6 Å². The molecular formula is C14H20N2O3S. The number of aryl methyl sites for hydroxylation is 1. The van der Waals surface area contributed by atoms with Crippen LogP contribution in [0.4, 0.5) is 10.5 Å². The average molecular weight is 296 g/mol. The molecular weight excluding hydrogens is 276 g/mol. The van der Waals surface area contributed by atoms with Gasteiger partial charge < -0.3 is 15.7 Å². The molecule has 0 aliphatic heterocycles. The van der Waals surface area contributed by atoms with E-state index in [2.05, 4.69) is 10.6 Å². The Bertz CT molecular complexity index is 515. The summed E-state index contributed by atoms with van der Waals surface area (Å²) in [5.41, 5.74) is 1.13. The van der Waals surface area contributed by atoms with Gasteiger partial charge in [-0.1, -0.05) is 12.1 Å². The fourth-order valence-corrected chi connectivity index (χ4v) is 1.75. The van der Waals surface area contributed by atoms with Crippen molar-refractivity contribution in [1.82, 2.24) is 5.32 Å². The van der Waals surface area contributed by atoms with E-state index in [0.29, 0.717) is 17.8 Å². The summed E-state index contributed by atoms with van der Waals surface area (Å²) >= 11 is 1.65. The lowest BCUT2D eigenvalue weighted by atomic mass is 10.1. The molecule has 0 saturated carbocycles. The van der Waals surface area contributed by atoms with Crippen LogP contribution in [-0.2, 0) is 0 Å². The first kappa shape index (κ1) is 16.4. The number of para-hydroxylation sites is 1. The van der Waals surface area contributed by atoms with Crippen molar-refractivity contribution in [2.24, 2.45) is 0 Å². The quantitative estimate of drug-likeness (QED) is 0.780. The Morgan fingerprint density at radius 1 is 1.35 bits per heavy atom. The van der Waals surface area contributed by atoms with Gasteiger partial charge in [0, 0.05) is 11.3 Å². The van der Waals surface area contributed by atoms with Crippen LogP contribution in [0.5, 0.6) is 0 Å². The van der Waals surface area contributed by atoms with Gasteiger partial charge >= 0.3 is 12.0 Å². The summed E-state index contributed by atoms with van der Waals surface area (Å²) in [6.07, 6.45) is 1.98. The highest BCUT2D eigenvalue weighted by Gasteiger charge is 2.18. The molecule has 0 unspecified atom stereocenters. The molecule has 6 heteroatoms. The van der Waals surface area contributed by atoms with Gasteiger partial charge in [0.15, 0.2) is 0 Å². The van der Waals surface area contributed by atoms with E-state index in [0.717, 1.165) is 0 Å². The number of anilines is 1. The predicted octanol–water partition coefficient (Wildman–Crippen LogP) is 2.96. The van der Waals surface area contributed by atoms with E-state index in [1.807, 2.05) is 20.1 Å². The fraction of sp³-hybridized carbons (Fsp3) is 0.429. The van der Waals surface area contributed by atoms with Gasteiger partial charge in [0.1, 0.15) is 0 Å². The summed E-state index contributed by atoms with van der Waals surface area (Å²) in [5.74, 6) is -1.06. The minimum absolute atomic E-state index is 0.0707. The van der Waals surface area contributed by atoms with Crippen molar-refractivity contribution in [2.75, 3.05) is 18.1 Å². The summed E-state index contributed by atoms with van der Waals surface area (Å²) in [4.78, 5) is 23.0. The third-order valence-corrected chi connectivity index (χ3v) is 4.22. The maximum Gasteiger partial charge on any atom is 0.337 e. The molecule has 0 radical (unpaired) electrons. The maximum absolute atomic E-state index is 11.9. The molecule has 110 valence electrons. The van der Waals surface area contributed by atoms with E-state index in [4.69, 9.17) is 5.11 Å². The van der Waals surface area contributed by atoms with Crippen LogP contribution in [0.25, 0.3) is 0 Å². The number of rotatable bonds is 5. The number of thioether (sulfide) groups is 1. The van der Waals surface area contributed by atoms with Crippen molar-refractivity contribution >= 4 is 29.4 Å². The van der Waals surface area contributed by atoms with Crippen molar-refractivity contribution in [3.05, 3.63) is 29.3 Å². The summed E-state index contributed by atoms with van der Waals surface area (Å²) < 4.78 is -0.0707.